The number of aryl methyl sites for hydroxylation is 1. The van der Waals surface area contributed by atoms with E-state index >= 15 is 0 Å². The molecule has 0 unspecified atom stereocenters. The minimum Gasteiger partial charge on any atom is -0.466 e. The molecule has 0 N–H and O–H groups in total. The maximum absolute atomic E-state index is 12.5. The van der Waals surface area contributed by atoms with Crippen LogP contribution in [0.4, 0.5) is 0 Å². The molecular weight excluding hydrogens is 254 g/mol. The average Bonchev–Trinajstić information content (AvgIpc) is 2.43. The number of amides is 1. The molecule has 4 nitrogen and oxygen atoms in total. The molecule has 0 aliphatic carbocycles. The van der Waals surface area contributed by atoms with Crippen molar-refractivity contribution in [3.05, 3.63) is 35.4 Å². The Kier molecular flexibility index (Phi) is 6.77. The summed E-state index contributed by atoms with van der Waals surface area (Å²) in [6.45, 7) is 7.14. The molecule has 0 heterocycles. The molecule has 0 spiro atoms. The molecule has 0 saturated heterocycles. The van der Waals surface area contributed by atoms with Gasteiger partial charge in [0.2, 0.25) is 0 Å². The summed E-state index contributed by atoms with van der Waals surface area (Å²) in [7, 11) is 0. The molecule has 0 aromatic heterocycles. The summed E-state index contributed by atoms with van der Waals surface area (Å²) < 4.78 is 4.90. The zero-order valence-electron chi connectivity index (χ0n) is 12.5. The third-order valence-corrected chi connectivity index (χ3v) is 3.05. The molecule has 1 rings (SSSR count). The molecular formula is C16H23NO3. The molecule has 0 atom stereocenters. The van der Waals surface area contributed by atoms with E-state index in [-0.39, 0.29) is 18.3 Å². The lowest BCUT2D eigenvalue weighted by Crippen LogP contribution is -2.34. The second kappa shape index (κ2) is 8.35. The average molecular weight is 277 g/mol. The normalized spacial score (nSPS) is 10.2. The van der Waals surface area contributed by atoms with Gasteiger partial charge in [-0.15, -0.1) is 0 Å². The summed E-state index contributed by atoms with van der Waals surface area (Å²) in [5, 5.41) is 0. The predicted octanol–water partition coefficient (Wildman–Crippen LogP) is 2.80. The first kappa shape index (κ1) is 16.2. The fraction of sp³-hybridized carbons (Fsp3) is 0.500. The van der Waals surface area contributed by atoms with E-state index in [0.29, 0.717) is 25.3 Å². The molecule has 0 aliphatic heterocycles. The highest BCUT2D eigenvalue weighted by molar-refractivity contribution is 5.95. The number of carbonyl (C=O) groups excluding carboxylic acids is 2. The molecule has 0 saturated carbocycles. The standard InChI is InChI=1S/C16H23NO3/c1-4-11-17(12-10-15(18)20-5-2)16(19)14-9-7-6-8-13(14)3/h6-9H,4-5,10-12H2,1-3H3. The third kappa shape index (κ3) is 4.68. The van der Waals surface area contributed by atoms with Gasteiger partial charge in [-0.1, -0.05) is 25.1 Å². The first-order chi connectivity index (χ1) is 9.60. The van der Waals surface area contributed by atoms with E-state index in [1.807, 2.05) is 38.1 Å². The van der Waals surface area contributed by atoms with Crippen molar-refractivity contribution in [3.63, 3.8) is 0 Å². The van der Waals surface area contributed by atoms with Gasteiger partial charge in [-0.3, -0.25) is 9.59 Å². The Hall–Kier alpha value is -1.84. The number of ether oxygens (including phenoxy) is 1. The zero-order valence-corrected chi connectivity index (χ0v) is 12.5. The molecule has 4 heteroatoms. The van der Waals surface area contributed by atoms with Crippen LogP contribution in [-0.4, -0.2) is 36.5 Å². The summed E-state index contributed by atoms with van der Waals surface area (Å²) in [5.74, 6) is -0.277. The smallest absolute Gasteiger partial charge is 0.307 e. The number of esters is 1. The topological polar surface area (TPSA) is 46.6 Å². The van der Waals surface area contributed by atoms with E-state index in [4.69, 9.17) is 4.74 Å². The van der Waals surface area contributed by atoms with Crippen molar-refractivity contribution in [1.82, 2.24) is 4.90 Å². The fourth-order valence-corrected chi connectivity index (χ4v) is 2.03. The van der Waals surface area contributed by atoms with Gasteiger partial charge in [0.25, 0.3) is 5.91 Å². The van der Waals surface area contributed by atoms with Crippen LogP contribution < -0.4 is 0 Å². The van der Waals surface area contributed by atoms with Gasteiger partial charge in [-0.25, -0.2) is 0 Å². The van der Waals surface area contributed by atoms with E-state index < -0.39 is 0 Å². The van der Waals surface area contributed by atoms with Crippen molar-refractivity contribution >= 4 is 11.9 Å². The van der Waals surface area contributed by atoms with Gasteiger partial charge >= 0.3 is 5.97 Å². The largest absolute Gasteiger partial charge is 0.466 e. The van der Waals surface area contributed by atoms with Gasteiger partial charge < -0.3 is 9.64 Å². The highest BCUT2D eigenvalue weighted by atomic mass is 16.5. The third-order valence-electron chi connectivity index (χ3n) is 3.05. The Morgan fingerprint density at radius 2 is 1.85 bits per heavy atom. The lowest BCUT2D eigenvalue weighted by Gasteiger charge is -2.22. The van der Waals surface area contributed by atoms with Crippen molar-refractivity contribution in [3.8, 4) is 0 Å². The SMILES string of the molecule is CCCN(CCC(=O)OCC)C(=O)c1ccccc1C. The first-order valence-corrected chi connectivity index (χ1v) is 7.10. The highest BCUT2D eigenvalue weighted by Gasteiger charge is 2.17. The Balaban J connectivity index is 2.72. The van der Waals surface area contributed by atoms with E-state index in [1.54, 1.807) is 11.8 Å². The maximum Gasteiger partial charge on any atom is 0.307 e. The first-order valence-electron chi connectivity index (χ1n) is 7.10. The van der Waals surface area contributed by atoms with Crippen LogP contribution in [0.2, 0.25) is 0 Å². The van der Waals surface area contributed by atoms with Crippen LogP contribution >= 0.6 is 0 Å². The van der Waals surface area contributed by atoms with Crippen molar-refractivity contribution in [2.75, 3.05) is 19.7 Å². The number of hydrogen-bond acceptors (Lipinski definition) is 3. The van der Waals surface area contributed by atoms with Crippen LogP contribution in [0.5, 0.6) is 0 Å². The van der Waals surface area contributed by atoms with Gasteiger partial charge in [0.15, 0.2) is 0 Å². The zero-order chi connectivity index (χ0) is 15.0. The quantitative estimate of drug-likeness (QED) is 0.720. The number of carbonyl (C=O) groups is 2. The Morgan fingerprint density at radius 3 is 2.45 bits per heavy atom. The number of nitrogens with zero attached hydrogens (tertiary/aromatic N) is 1. The second-order valence-electron chi connectivity index (χ2n) is 4.66. The Labute approximate surface area is 120 Å². The van der Waals surface area contributed by atoms with Crippen molar-refractivity contribution < 1.29 is 14.3 Å². The summed E-state index contributed by atoms with van der Waals surface area (Å²) in [5.41, 5.74) is 1.65. The van der Waals surface area contributed by atoms with E-state index in [9.17, 15) is 9.59 Å². The molecule has 1 amide bonds. The lowest BCUT2D eigenvalue weighted by molar-refractivity contribution is -0.143. The molecule has 1 aromatic carbocycles. The molecule has 1 aromatic rings. The highest BCUT2D eigenvalue weighted by Crippen LogP contribution is 2.11. The van der Waals surface area contributed by atoms with Crippen LogP contribution in [-0.2, 0) is 9.53 Å². The summed E-state index contributed by atoms with van der Waals surface area (Å²) in [6.07, 6.45) is 1.10. The van der Waals surface area contributed by atoms with Crippen LogP contribution in [0.1, 0.15) is 42.6 Å². The van der Waals surface area contributed by atoms with E-state index in [2.05, 4.69) is 0 Å². The molecule has 20 heavy (non-hydrogen) atoms. The fourth-order valence-electron chi connectivity index (χ4n) is 2.03. The van der Waals surface area contributed by atoms with Crippen molar-refractivity contribution in [2.24, 2.45) is 0 Å². The van der Waals surface area contributed by atoms with E-state index in [0.717, 1.165) is 12.0 Å². The molecule has 0 fully saturated rings. The molecule has 0 bridgehead atoms. The molecule has 110 valence electrons. The van der Waals surface area contributed by atoms with Crippen molar-refractivity contribution in [2.45, 2.75) is 33.6 Å². The maximum atomic E-state index is 12.5. The molecule has 0 radical (unpaired) electrons. The minimum absolute atomic E-state index is 0.0192. The lowest BCUT2D eigenvalue weighted by atomic mass is 10.1. The number of hydrogen-bond donors (Lipinski definition) is 0. The Bertz CT molecular complexity index is 457. The van der Waals surface area contributed by atoms with Gasteiger partial charge in [0.05, 0.1) is 13.0 Å². The van der Waals surface area contributed by atoms with Crippen LogP contribution in [0.25, 0.3) is 0 Å². The summed E-state index contributed by atoms with van der Waals surface area (Å²) in [4.78, 5) is 25.6. The Morgan fingerprint density at radius 1 is 1.15 bits per heavy atom. The van der Waals surface area contributed by atoms with Crippen LogP contribution in [0, 0.1) is 6.92 Å². The van der Waals surface area contributed by atoms with Crippen LogP contribution in [0.3, 0.4) is 0 Å². The van der Waals surface area contributed by atoms with Gasteiger partial charge in [0.1, 0.15) is 0 Å². The van der Waals surface area contributed by atoms with E-state index in [1.165, 1.54) is 0 Å². The second-order valence-corrected chi connectivity index (χ2v) is 4.66. The number of benzene rings is 1. The van der Waals surface area contributed by atoms with Gasteiger partial charge in [0, 0.05) is 18.7 Å². The number of rotatable bonds is 7. The van der Waals surface area contributed by atoms with Gasteiger partial charge in [-0.2, -0.15) is 0 Å². The molecule has 0 aliphatic rings. The predicted molar refractivity (Wildman–Crippen MR) is 78.6 cm³/mol. The van der Waals surface area contributed by atoms with Gasteiger partial charge in [-0.05, 0) is 31.9 Å². The van der Waals surface area contributed by atoms with Crippen molar-refractivity contribution in [1.29, 1.82) is 0 Å². The summed E-state index contributed by atoms with van der Waals surface area (Å²) in [6, 6.07) is 7.51. The summed E-state index contributed by atoms with van der Waals surface area (Å²) >= 11 is 0. The van der Waals surface area contributed by atoms with Crippen LogP contribution in [0.15, 0.2) is 24.3 Å². The minimum atomic E-state index is -0.258. The monoisotopic (exact) mass is 277 g/mol.